The molecule has 0 saturated heterocycles. The first-order chi connectivity index (χ1) is 30.3. The number of rotatable bonds is 5. The lowest BCUT2D eigenvalue weighted by Gasteiger charge is -2.32. The molecule has 2 heteroatoms. The van der Waals surface area contributed by atoms with Crippen LogP contribution >= 0.6 is 0 Å². The molecule has 11 aromatic rings. The molecule has 10 aromatic carbocycles. The summed E-state index contributed by atoms with van der Waals surface area (Å²) in [7, 11) is 0. The van der Waals surface area contributed by atoms with E-state index in [0.29, 0.717) is 0 Å². The van der Waals surface area contributed by atoms with Crippen molar-refractivity contribution < 1.29 is 4.42 Å². The summed E-state index contributed by atoms with van der Waals surface area (Å²) in [5.41, 5.74) is 19.7. The minimum absolute atomic E-state index is 0.462. The van der Waals surface area contributed by atoms with E-state index < -0.39 is 5.41 Å². The van der Waals surface area contributed by atoms with Gasteiger partial charge in [-0.2, -0.15) is 0 Å². The second-order valence-corrected chi connectivity index (χ2v) is 16.3. The lowest BCUT2D eigenvalue weighted by atomic mass is 9.70. The third kappa shape index (κ3) is 4.73. The SMILES string of the molecule is c1ccc(-c2ccc(N(c3cccc4c3-c3ccccc3C43c4ccccc4-c4ccccc43)c3cccc4oc5c6ccccc6c(-c6ccccc6)cc5c34)cc2)cc1. The molecule has 0 atom stereocenters. The Labute approximate surface area is 354 Å². The van der Waals surface area contributed by atoms with Crippen LogP contribution in [0.1, 0.15) is 22.3 Å². The minimum Gasteiger partial charge on any atom is -0.455 e. The van der Waals surface area contributed by atoms with E-state index in [1.807, 2.05) is 0 Å². The first-order valence-electron chi connectivity index (χ1n) is 21.1. The van der Waals surface area contributed by atoms with E-state index >= 15 is 0 Å². The molecule has 2 aliphatic carbocycles. The van der Waals surface area contributed by atoms with E-state index in [1.165, 1.54) is 72.1 Å². The van der Waals surface area contributed by atoms with Gasteiger partial charge in [-0.3, -0.25) is 0 Å². The zero-order chi connectivity index (χ0) is 40.1. The van der Waals surface area contributed by atoms with Crippen molar-refractivity contribution in [1.82, 2.24) is 0 Å². The maximum atomic E-state index is 6.97. The highest BCUT2D eigenvalue weighted by molar-refractivity contribution is 6.23. The van der Waals surface area contributed by atoms with Gasteiger partial charge in [0.25, 0.3) is 0 Å². The highest BCUT2D eigenvalue weighted by Gasteiger charge is 2.52. The van der Waals surface area contributed by atoms with Crippen LogP contribution in [0.15, 0.2) is 229 Å². The summed E-state index contributed by atoms with van der Waals surface area (Å²) in [6.07, 6.45) is 0. The summed E-state index contributed by atoms with van der Waals surface area (Å²) in [6.45, 7) is 0. The molecule has 0 unspecified atom stereocenters. The molecule has 2 nitrogen and oxygen atoms in total. The van der Waals surface area contributed by atoms with E-state index in [9.17, 15) is 0 Å². The van der Waals surface area contributed by atoms with Crippen molar-refractivity contribution >= 4 is 49.8 Å². The lowest BCUT2D eigenvalue weighted by molar-refractivity contribution is 0.672. The van der Waals surface area contributed by atoms with Crippen molar-refractivity contribution in [3.63, 3.8) is 0 Å². The molecule has 0 aliphatic heterocycles. The third-order valence-corrected chi connectivity index (χ3v) is 13.3. The number of anilines is 3. The fourth-order valence-corrected chi connectivity index (χ4v) is 10.8. The average molecular weight is 776 g/mol. The van der Waals surface area contributed by atoms with Crippen molar-refractivity contribution in [3.8, 4) is 44.5 Å². The molecule has 1 spiro atoms. The zero-order valence-corrected chi connectivity index (χ0v) is 33.2. The van der Waals surface area contributed by atoms with Crippen molar-refractivity contribution in [2.75, 3.05) is 4.90 Å². The second-order valence-electron chi connectivity index (χ2n) is 16.3. The van der Waals surface area contributed by atoms with Crippen LogP contribution in [-0.4, -0.2) is 0 Å². The smallest absolute Gasteiger partial charge is 0.143 e. The molecule has 284 valence electrons. The Morgan fingerprint density at radius 3 is 1.57 bits per heavy atom. The Morgan fingerprint density at radius 1 is 0.344 bits per heavy atom. The predicted octanol–water partition coefficient (Wildman–Crippen LogP) is 15.9. The molecule has 0 radical (unpaired) electrons. The third-order valence-electron chi connectivity index (χ3n) is 13.3. The van der Waals surface area contributed by atoms with Crippen LogP contribution in [0.3, 0.4) is 0 Å². The van der Waals surface area contributed by atoms with E-state index in [-0.39, 0.29) is 0 Å². The molecule has 0 N–H and O–H groups in total. The molecule has 1 aromatic heterocycles. The van der Waals surface area contributed by atoms with Gasteiger partial charge in [0.15, 0.2) is 0 Å². The van der Waals surface area contributed by atoms with Gasteiger partial charge in [-0.1, -0.05) is 188 Å². The first-order valence-corrected chi connectivity index (χ1v) is 21.1. The molecule has 61 heavy (non-hydrogen) atoms. The standard InChI is InChI=1S/C59H37NO/c1-3-17-38(18-4-1)39-33-35-41(36-34-39)60(54-31-16-32-55-57(54)48-37-47(40-19-5-2-6-20-40)42-21-7-8-24-45(42)58(48)61-55)53-30-15-29-52-56(53)46-25-11-14-28-51(46)59(52)49-26-12-9-22-43(49)44-23-10-13-27-50(44)59/h1-37H. The minimum atomic E-state index is -0.462. The largest absolute Gasteiger partial charge is 0.455 e. The highest BCUT2D eigenvalue weighted by atomic mass is 16.3. The van der Waals surface area contributed by atoms with Gasteiger partial charge < -0.3 is 9.32 Å². The molecule has 0 bridgehead atoms. The van der Waals surface area contributed by atoms with Crippen molar-refractivity contribution in [2.45, 2.75) is 5.41 Å². The van der Waals surface area contributed by atoms with Crippen LogP contribution in [-0.2, 0) is 5.41 Å². The quantitative estimate of drug-likeness (QED) is 0.173. The molecule has 2 aliphatic rings. The Balaban J connectivity index is 1.13. The Hall–Kier alpha value is -7.94. The summed E-state index contributed by atoms with van der Waals surface area (Å²) in [6, 6.07) is 82.1. The molecular formula is C59H37NO. The van der Waals surface area contributed by atoms with Gasteiger partial charge in [0.1, 0.15) is 11.2 Å². The molecule has 0 saturated carbocycles. The molecule has 0 fully saturated rings. The summed E-state index contributed by atoms with van der Waals surface area (Å²) in [5.74, 6) is 0. The van der Waals surface area contributed by atoms with Crippen LogP contribution in [0.25, 0.3) is 77.2 Å². The van der Waals surface area contributed by atoms with Gasteiger partial charge in [0.05, 0.1) is 22.2 Å². The Kier molecular flexibility index (Phi) is 7.26. The summed E-state index contributed by atoms with van der Waals surface area (Å²) < 4.78 is 6.97. The van der Waals surface area contributed by atoms with Crippen LogP contribution in [0.4, 0.5) is 17.1 Å². The lowest BCUT2D eigenvalue weighted by Crippen LogP contribution is -2.26. The topological polar surface area (TPSA) is 16.4 Å². The van der Waals surface area contributed by atoms with Gasteiger partial charge in [0.2, 0.25) is 0 Å². The Morgan fingerprint density at radius 2 is 0.869 bits per heavy atom. The first kappa shape index (κ1) is 34.0. The van der Waals surface area contributed by atoms with E-state index in [2.05, 4.69) is 229 Å². The van der Waals surface area contributed by atoms with E-state index in [1.54, 1.807) is 0 Å². The highest BCUT2D eigenvalue weighted by Crippen LogP contribution is 2.65. The van der Waals surface area contributed by atoms with Crippen LogP contribution in [0.5, 0.6) is 0 Å². The zero-order valence-electron chi connectivity index (χ0n) is 33.2. The molecule has 0 amide bonds. The Bertz CT molecular complexity index is 3480. The molecular weight excluding hydrogens is 739 g/mol. The van der Waals surface area contributed by atoms with Gasteiger partial charge in [0, 0.05) is 22.0 Å². The fourth-order valence-electron chi connectivity index (χ4n) is 10.8. The van der Waals surface area contributed by atoms with Gasteiger partial charge in [-0.25, -0.2) is 0 Å². The molecule has 1 heterocycles. The monoisotopic (exact) mass is 775 g/mol. The number of fused-ring (bicyclic) bond motifs is 15. The maximum absolute atomic E-state index is 6.97. The fraction of sp³-hybridized carbons (Fsp3) is 0.0169. The summed E-state index contributed by atoms with van der Waals surface area (Å²) in [5, 5.41) is 4.46. The van der Waals surface area contributed by atoms with Crippen molar-refractivity contribution in [2.24, 2.45) is 0 Å². The van der Waals surface area contributed by atoms with E-state index in [4.69, 9.17) is 4.42 Å². The van der Waals surface area contributed by atoms with E-state index in [0.717, 1.165) is 44.4 Å². The number of furan rings is 1. The summed E-state index contributed by atoms with van der Waals surface area (Å²) in [4.78, 5) is 2.49. The van der Waals surface area contributed by atoms with Crippen LogP contribution in [0, 0.1) is 0 Å². The number of hydrogen-bond acceptors (Lipinski definition) is 2. The van der Waals surface area contributed by atoms with Gasteiger partial charge >= 0.3 is 0 Å². The average Bonchev–Trinajstić information content (AvgIpc) is 3.97. The van der Waals surface area contributed by atoms with Gasteiger partial charge in [-0.05, 0) is 103 Å². The normalized spacial score (nSPS) is 13.0. The maximum Gasteiger partial charge on any atom is 0.143 e. The van der Waals surface area contributed by atoms with Gasteiger partial charge in [-0.15, -0.1) is 0 Å². The van der Waals surface area contributed by atoms with Crippen molar-refractivity contribution in [1.29, 1.82) is 0 Å². The summed E-state index contributed by atoms with van der Waals surface area (Å²) >= 11 is 0. The number of benzene rings is 10. The van der Waals surface area contributed by atoms with Crippen LogP contribution < -0.4 is 4.90 Å². The van der Waals surface area contributed by atoms with Crippen molar-refractivity contribution in [3.05, 3.63) is 247 Å². The predicted molar refractivity (Wildman–Crippen MR) is 253 cm³/mol. The molecule has 13 rings (SSSR count). The second kappa shape index (κ2) is 13.0. The van der Waals surface area contributed by atoms with Crippen LogP contribution in [0.2, 0.25) is 0 Å². The number of hydrogen-bond donors (Lipinski definition) is 0. The number of nitrogens with zero attached hydrogens (tertiary/aromatic N) is 1.